The number of anilines is 1. The van der Waals surface area contributed by atoms with E-state index in [4.69, 9.17) is 16.3 Å². The minimum absolute atomic E-state index is 0.116. The Morgan fingerprint density at radius 3 is 2.36 bits per heavy atom. The van der Waals surface area contributed by atoms with Crippen LogP contribution in [-0.2, 0) is 14.8 Å². The van der Waals surface area contributed by atoms with Crippen LogP contribution in [0.25, 0.3) is 0 Å². The fourth-order valence-corrected chi connectivity index (χ4v) is 3.67. The van der Waals surface area contributed by atoms with E-state index in [0.29, 0.717) is 27.6 Å². The van der Waals surface area contributed by atoms with Crippen molar-refractivity contribution >= 4 is 33.2 Å². The molecule has 2 N–H and O–H groups in total. The topological polar surface area (TPSA) is 84.5 Å². The summed E-state index contributed by atoms with van der Waals surface area (Å²) in [7, 11) is -2.30. The summed E-state index contributed by atoms with van der Waals surface area (Å²) in [6, 6.07) is 9.69. The predicted octanol–water partition coefficient (Wildman–Crippen LogP) is 2.88. The van der Waals surface area contributed by atoms with E-state index in [1.807, 2.05) is 0 Å². The molecule has 1 amide bonds. The van der Waals surface area contributed by atoms with E-state index in [0.717, 1.165) is 0 Å². The Balaban J connectivity index is 2.07. The van der Waals surface area contributed by atoms with E-state index in [1.165, 1.54) is 13.2 Å². The first-order valence-electron chi connectivity index (χ1n) is 7.43. The molecule has 134 valence electrons. The molecular weight excluding hydrogens is 364 g/mol. The SMILES string of the molecule is COc1cc(C)c(S(=O)(=O)NCC(=O)Nc2ccc(Cl)cc2)cc1C. The number of carbonyl (C=O) groups is 1. The lowest BCUT2D eigenvalue weighted by Crippen LogP contribution is -2.33. The van der Waals surface area contributed by atoms with Gasteiger partial charge >= 0.3 is 0 Å². The second kappa shape index (κ2) is 7.86. The lowest BCUT2D eigenvalue weighted by Gasteiger charge is -2.13. The molecule has 0 spiro atoms. The molecule has 0 aliphatic heterocycles. The van der Waals surface area contributed by atoms with Gasteiger partial charge in [-0.1, -0.05) is 11.6 Å². The van der Waals surface area contributed by atoms with Gasteiger partial charge in [-0.05, 0) is 61.4 Å². The minimum atomic E-state index is -3.82. The Hall–Kier alpha value is -2.09. The number of nitrogens with one attached hydrogen (secondary N) is 2. The molecule has 0 aromatic heterocycles. The van der Waals surface area contributed by atoms with Crippen LogP contribution >= 0.6 is 11.6 Å². The van der Waals surface area contributed by atoms with E-state index in [2.05, 4.69) is 10.0 Å². The highest BCUT2D eigenvalue weighted by Crippen LogP contribution is 2.25. The summed E-state index contributed by atoms with van der Waals surface area (Å²) >= 11 is 5.77. The molecule has 0 radical (unpaired) electrons. The number of hydrogen-bond acceptors (Lipinski definition) is 4. The van der Waals surface area contributed by atoms with Gasteiger partial charge in [0.1, 0.15) is 5.75 Å². The first-order valence-corrected chi connectivity index (χ1v) is 9.29. The van der Waals surface area contributed by atoms with Gasteiger partial charge in [0.05, 0.1) is 18.6 Å². The number of rotatable bonds is 6. The summed E-state index contributed by atoms with van der Waals surface area (Å²) in [6.07, 6.45) is 0. The number of hydrogen-bond donors (Lipinski definition) is 2. The predicted molar refractivity (Wildman–Crippen MR) is 97.7 cm³/mol. The summed E-state index contributed by atoms with van der Waals surface area (Å²) in [4.78, 5) is 12.1. The fourth-order valence-electron chi connectivity index (χ4n) is 2.25. The zero-order valence-electron chi connectivity index (χ0n) is 14.1. The van der Waals surface area contributed by atoms with E-state index in [9.17, 15) is 13.2 Å². The highest BCUT2D eigenvalue weighted by molar-refractivity contribution is 7.89. The number of methoxy groups -OCH3 is 1. The molecule has 0 aliphatic carbocycles. The van der Waals surface area contributed by atoms with Crippen LogP contribution < -0.4 is 14.8 Å². The molecule has 0 atom stereocenters. The zero-order chi connectivity index (χ0) is 18.6. The van der Waals surface area contributed by atoms with E-state index >= 15 is 0 Å². The first-order chi connectivity index (χ1) is 11.7. The molecule has 0 saturated heterocycles. The van der Waals surface area contributed by atoms with Crippen LogP contribution in [0, 0.1) is 13.8 Å². The zero-order valence-corrected chi connectivity index (χ0v) is 15.7. The number of halogens is 1. The summed E-state index contributed by atoms with van der Waals surface area (Å²) < 4.78 is 32.4. The van der Waals surface area contributed by atoms with Crippen molar-refractivity contribution in [3.05, 3.63) is 52.5 Å². The lowest BCUT2D eigenvalue weighted by molar-refractivity contribution is -0.115. The van der Waals surface area contributed by atoms with E-state index in [1.54, 1.807) is 44.2 Å². The van der Waals surface area contributed by atoms with Crippen LogP contribution in [0.4, 0.5) is 5.69 Å². The molecular formula is C17H19ClN2O4S. The lowest BCUT2D eigenvalue weighted by atomic mass is 10.1. The van der Waals surface area contributed by atoms with Gasteiger partial charge in [0.25, 0.3) is 0 Å². The molecule has 2 aromatic rings. The monoisotopic (exact) mass is 382 g/mol. The molecule has 2 aromatic carbocycles. The number of sulfonamides is 1. The van der Waals surface area contributed by atoms with Gasteiger partial charge in [0.15, 0.2) is 0 Å². The quantitative estimate of drug-likeness (QED) is 0.804. The van der Waals surface area contributed by atoms with Gasteiger partial charge in [-0.2, -0.15) is 0 Å². The summed E-state index contributed by atoms with van der Waals surface area (Å²) in [6.45, 7) is 3.05. The molecule has 6 nitrogen and oxygen atoms in total. The average Bonchev–Trinajstić information content (AvgIpc) is 2.57. The van der Waals surface area contributed by atoms with Crippen molar-refractivity contribution in [3.63, 3.8) is 0 Å². The summed E-state index contributed by atoms with van der Waals surface area (Å²) in [5.74, 6) is 0.130. The van der Waals surface area contributed by atoms with Crippen molar-refractivity contribution in [2.75, 3.05) is 19.0 Å². The number of amides is 1. The highest BCUT2D eigenvalue weighted by Gasteiger charge is 2.19. The molecule has 25 heavy (non-hydrogen) atoms. The Labute approximate surface area is 152 Å². The van der Waals surface area contributed by atoms with Gasteiger partial charge in [-0.15, -0.1) is 0 Å². The largest absolute Gasteiger partial charge is 0.496 e. The Morgan fingerprint density at radius 2 is 1.76 bits per heavy atom. The van der Waals surface area contributed by atoms with Crippen molar-refractivity contribution in [1.29, 1.82) is 0 Å². The van der Waals surface area contributed by atoms with Crippen molar-refractivity contribution in [2.24, 2.45) is 0 Å². The second-order valence-electron chi connectivity index (χ2n) is 5.47. The number of benzene rings is 2. The number of ether oxygens (including phenoxy) is 1. The van der Waals surface area contributed by atoms with E-state index < -0.39 is 15.9 Å². The molecule has 2 rings (SSSR count). The highest BCUT2D eigenvalue weighted by atomic mass is 35.5. The summed E-state index contributed by atoms with van der Waals surface area (Å²) in [5.41, 5.74) is 1.76. The second-order valence-corrected chi connectivity index (χ2v) is 7.64. The normalized spacial score (nSPS) is 11.2. The van der Waals surface area contributed by atoms with Gasteiger partial charge in [-0.25, -0.2) is 13.1 Å². The number of aryl methyl sites for hydroxylation is 2. The van der Waals surface area contributed by atoms with Crippen LogP contribution in [0.1, 0.15) is 11.1 Å². The number of carbonyl (C=O) groups excluding carboxylic acids is 1. The van der Waals surface area contributed by atoms with Crippen LogP contribution in [0.3, 0.4) is 0 Å². The Kier molecular flexibility index (Phi) is 6.05. The third kappa shape index (κ3) is 4.94. The van der Waals surface area contributed by atoms with E-state index in [-0.39, 0.29) is 11.4 Å². The van der Waals surface area contributed by atoms with Crippen molar-refractivity contribution in [2.45, 2.75) is 18.7 Å². The maximum atomic E-state index is 12.5. The maximum absolute atomic E-state index is 12.5. The van der Waals surface area contributed by atoms with Gasteiger partial charge in [-0.3, -0.25) is 4.79 Å². The Morgan fingerprint density at radius 1 is 1.12 bits per heavy atom. The van der Waals surface area contributed by atoms with Crippen LogP contribution in [0.15, 0.2) is 41.3 Å². The molecule has 0 unspecified atom stereocenters. The third-order valence-electron chi connectivity index (χ3n) is 3.53. The molecule has 0 saturated carbocycles. The molecule has 0 fully saturated rings. The van der Waals surface area contributed by atoms with Gasteiger partial charge in [0.2, 0.25) is 15.9 Å². The maximum Gasteiger partial charge on any atom is 0.241 e. The molecule has 0 aliphatic rings. The van der Waals surface area contributed by atoms with Gasteiger partial charge < -0.3 is 10.1 Å². The molecule has 0 heterocycles. The van der Waals surface area contributed by atoms with Gasteiger partial charge in [0, 0.05) is 10.7 Å². The van der Waals surface area contributed by atoms with Crippen molar-refractivity contribution in [3.8, 4) is 5.75 Å². The van der Waals surface area contributed by atoms with Crippen molar-refractivity contribution < 1.29 is 17.9 Å². The van der Waals surface area contributed by atoms with Crippen LogP contribution in [-0.4, -0.2) is 28.0 Å². The minimum Gasteiger partial charge on any atom is -0.496 e. The molecule has 8 heteroatoms. The average molecular weight is 383 g/mol. The summed E-state index contributed by atoms with van der Waals surface area (Å²) in [5, 5.41) is 3.14. The standard InChI is InChI=1S/C17H19ClN2O4S/c1-11-9-16(12(2)8-15(11)24-3)25(22,23)19-10-17(21)20-14-6-4-13(18)5-7-14/h4-9,19H,10H2,1-3H3,(H,20,21). The van der Waals surface area contributed by atoms with Crippen molar-refractivity contribution in [1.82, 2.24) is 4.72 Å². The third-order valence-corrected chi connectivity index (χ3v) is 5.33. The van der Waals surface area contributed by atoms with Crippen LogP contribution in [0.2, 0.25) is 5.02 Å². The smallest absolute Gasteiger partial charge is 0.241 e. The molecule has 0 bridgehead atoms. The first kappa shape index (κ1) is 19.2. The van der Waals surface area contributed by atoms with Crippen LogP contribution in [0.5, 0.6) is 5.75 Å². The Bertz CT molecular complexity index is 880. The fraction of sp³-hybridized carbons (Fsp3) is 0.235.